The van der Waals surface area contributed by atoms with Crippen molar-refractivity contribution in [3.8, 4) is 0 Å². The molecule has 0 unspecified atom stereocenters. The van der Waals surface area contributed by atoms with E-state index in [4.69, 9.17) is 9.94 Å². The van der Waals surface area contributed by atoms with E-state index in [1.54, 1.807) is 0 Å². The average Bonchev–Trinajstić information content (AvgIpc) is 2.23. The highest BCUT2D eigenvalue weighted by atomic mass is 16.5. The Kier molecular flexibility index (Phi) is 3.35. The first kappa shape index (κ1) is 10.2. The maximum atomic E-state index is 8.45. The van der Waals surface area contributed by atoms with Crippen LogP contribution < -0.4 is 0 Å². The van der Waals surface area contributed by atoms with Crippen molar-refractivity contribution in [3.63, 3.8) is 0 Å². The van der Waals surface area contributed by atoms with E-state index >= 15 is 0 Å². The Morgan fingerprint density at radius 2 is 2.00 bits per heavy atom. The minimum absolute atomic E-state index is 0.541. The number of hydrogen-bond donors (Lipinski definition) is 1. The van der Waals surface area contributed by atoms with Gasteiger partial charge in [-0.15, -0.1) is 0 Å². The van der Waals surface area contributed by atoms with E-state index in [2.05, 4.69) is 17.3 Å². The van der Waals surface area contributed by atoms with E-state index in [1.165, 1.54) is 5.56 Å². The molecule has 0 spiro atoms. The molecular formula is C12H15NO2. The van der Waals surface area contributed by atoms with Gasteiger partial charge < -0.3 is 9.94 Å². The van der Waals surface area contributed by atoms with Crippen molar-refractivity contribution in [2.24, 2.45) is 11.1 Å². The Morgan fingerprint density at radius 3 is 2.67 bits per heavy atom. The number of nitrogens with zero attached hydrogens (tertiary/aromatic N) is 1. The molecule has 1 aliphatic carbocycles. The predicted octanol–water partition coefficient (Wildman–Crippen LogP) is 2.44. The van der Waals surface area contributed by atoms with Gasteiger partial charge in [-0.25, -0.2) is 0 Å². The van der Waals surface area contributed by atoms with Crippen molar-refractivity contribution in [1.82, 2.24) is 0 Å². The van der Waals surface area contributed by atoms with Gasteiger partial charge in [0.2, 0.25) is 0 Å². The fraction of sp³-hybridized carbons (Fsp3) is 0.417. The molecule has 80 valence electrons. The zero-order valence-corrected chi connectivity index (χ0v) is 8.60. The lowest BCUT2D eigenvalue weighted by Gasteiger charge is -2.26. The van der Waals surface area contributed by atoms with Crippen LogP contribution in [-0.4, -0.2) is 17.5 Å². The van der Waals surface area contributed by atoms with E-state index in [1.807, 2.05) is 18.2 Å². The lowest BCUT2D eigenvalue weighted by molar-refractivity contribution is 0.0827. The third kappa shape index (κ3) is 2.80. The van der Waals surface area contributed by atoms with Crippen LogP contribution >= 0.6 is 0 Å². The number of ether oxygens (including phenoxy) is 1. The Balaban J connectivity index is 1.64. The van der Waals surface area contributed by atoms with Gasteiger partial charge in [0, 0.05) is 0 Å². The SMILES string of the molecule is ON=C1CC(COCc2ccccc2)C1. The summed E-state index contributed by atoms with van der Waals surface area (Å²) < 4.78 is 5.58. The van der Waals surface area contributed by atoms with E-state index < -0.39 is 0 Å². The van der Waals surface area contributed by atoms with Gasteiger partial charge in [-0.05, 0) is 24.3 Å². The molecule has 2 rings (SSSR count). The molecule has 0 heterocycles. The zero-order valence-electron chi connectivity index (χ0n) is 8.60. The van der Waals surface area contributed by atoms with Crippen LogP contribution in [-0.2, 0) is 11.3 Å². The monoisotopic (exact) mass is 205 g/mol. The van der Waals surface area contributed by atoms with Gasteiger partial charge in [-0.2, -0.15) is 0 Å². The molecule has 0 saturated heterocycles. The average molecular weight is 205 g/mol. The minimum Gasteiger partial charge on any atom is -0.411 e. The van der Waals surface area contributed by atoms with Crippen LogP contribution in [0, 0.1) is 5.92 Å². The molecule has 0 atom stereocenters. The van der Waals surface area contributed by atoms with Crippen LogP contribution in [0.2, 0.25) is 0 Å². The molecule has 1 fully saturated rings. The second-order valence-electron chi connectivity index (χ2n) is 3.94. The summed E-state index contributed by atoms with van der Waals surface area (Å²) in [4.78, 5) is 0. The van der Waals surface area contributed by atoms with Gasteiger partial charge in [-0.1, -0.05) is 35.5 Å². The molecule has 15 heavy (non-hydrogen) atoms. The predicted molar refractivity (Wildman–Crippen MR) is 58.0 cm³/mol. The molecular weight excluding hydrogens is 190 g/mol. The van der Waals surface area contributed by atoms with E-state index in [0.29, 0.717) is 12.5 Å². The molecule has 0 aromatic heterocycles. The molecule has 0 amide bonds. The molecule has 1 N–H and O–H groups in total. The normalized spacial score (nSPS) is 19.7. The highest BCUT2D eigenvalue weighted by molar-refractivity contribution is 5.89. The van der Waals surface area contributed by atoms with Gasteiger partial charge >= 0.3 is 0 Å². The van der Waals surface area contributed by atoms with Crippen molar-refractivity contribution in [2.75, 3.05) is 6.61 Å². The summed E-state index contributed by atoms with van der Waals surface area (Å²) in [6, 6.07) is 10.1. The molecule has 1 aromatic carbocycles. The molecule has 1 saturated carbocycles. The quantitative estimate of drug-likeness (QED) is 0.606. The maximum absolute atomic E-state index is 8.45. The second kappa shape index (κ2) is 4.94. The summed E-state index contributed by atoms with van der Waals surface area (Å²) in [5.41, 5.74) is 2.09. The smallest absolute Gasteiger partial charge is 0.0717 e. The number of hydrogen-bond acceptors (Lipinski definition) is 3. The van der Waals surface area contributed by atoms with Crippen molar-refractivity contribution in [1.29, 1.82) is 0 Å². The molecule has 3 nitrogen and oxygen atoms in total. The van der Waals surface area contributed by atoms with Crippen molar-refractivity contribution in [3.05, 3.63) is 35.9 Å². The second-order valence-corrected chi connectivity index (χ2v) is 3.94. The molecule has 0 aliphatic heterocycles. The van der Waals surface area contributed by atoms with Gasteiger partial charge in [-0.3, -0.25) is 0 Å². The largest absolute Gasteiger partial charge is 0.411 e. The van der Waals surface area contributed by atoms with Crippen LogP contribution in [0.25, 0.3) is 0 Å². The summed E-state index contributed by atoms with van der Waals surface area (Å²) in [6.45, 7) is 1.43. The zero-order chi connectivity index (χ0) is 10.5. The summed E-state index contributed by atoms with van der Waals surface area (Å²) >= 11 is 0. The van der Waals surface area contributed by atoms with E-state index in [-0.39, 0.29) is 0 Å². The molecule has 0 bridgehead atoms. The molecule has 1 aromatic rings. The standard InChI is InChI=1S/C12H15NO2/c14-13-12-6-11(7-12)9-15-8-10-4-2-1-3-5-10/h1-5,11,14H,6-9H2. The van der Waals surface area contributed by atoms with Crippen LogP contribution in [0.3, 0.4) is 0 Å². The Morgan fingerprint density at radius 1 is 1.27 bits per heavy atom. The summed E-state index contributed by atoms with van der Waals surface area (Å²) in [5.74, 6) is 0.541. The highest BCUT2D eigenvalue weighted by Crippen LogP contribution is 2.24. The third-order valence-electron chi connectivity index (χ3n) is 2.66. The topological polar surface area (TPSA) is 41.8 Å². The third-order valence-corrected chi connectivity index (χ3v) is 2.66. The first-order chi connectivity index (χ1) is 7.38. The van der Waals surface area contributed by atoms with E-state index in [0.717, 1.165) is 25.2 Å². The van der Waals surface area contributed by atoms with Gasteiger partial charge in [0.25, 0.3) is 0 Å². The molecule has 0 radical (unpaired) electrons. The fourth-order valence-electron chi connectivity index (χ4n) is 1.72. The Hall–Kier alpha value is -1.35. The lowest BCUT2D eigenvalue weighted by Crippen LogP contribution is -2.27. The van der Waals surface area contributed by atoms with Crippen molar-refractivity contribution >= 4 is 5.71 Å². The first-order valence-corrected chi connectivity index (χ1v) is 5.20. The van der Waals surface area contributed by atoms with Gasteiger partial charge in [0.15, 0.2) is 0 Å². The Labute approximate surface area is 89.4 Å². The van der Waals surface area contributed by atoms with Crippen LogP contribution in [0.4, 0.5) is 0 Å². The highest BCUT2D eigenvalue weighted by Gasteiger charge is 2.25. The van der Waals surface area contributed by atoms with Gasteiger partial charge in [0.1, 0.15) is 0 Å². The molecule has 3 heteroatoms. The van der Waals surface area contributed by atoms with Crippen LogP contribution in [0.1, 0.15) is 18.4 Å². The van der Waals surface area contributed by atoms with Gasteiger partial charge in [0.05, 0.1) is 18.9 Å². The maximum Gasteiger partial charge on any atom is 0.0717 e. The van der Waals surface area contributed by atoms with E-state index in [9.17, 15) is 0 Å². The van der Waals surface area contributed by atoms with Crippen LogP contribution in [0.15, 0.2) is 35.5 Å². The van der Waals surface area contributed by atoms with Crippen molar-refractivity contribution in [2.45, 2.75) is 19.4 Å². The number of rotatable bonds is 4. The number of benzene rings is 1. The first-order valence-electron chi connectivity index (χ1n) is 5.20. The number of oxime groups is 1. The summed E-state index contributed by atoms with van der Waals surface area (Å²) in [5, 5.41) is 11.6. The summed E-state index contributed by atoms with van der Waals surface area (Å²) in [6.07, 6.45) is 1.76. The Bertz CT molecular complexity index is 327. The fourth-order valence-corrected chi connectivity index (χ4v) is 1.72. The van der Waals surface area contributed by atoms with Crippen molar-refractivity contribution < 1.29 is 9.94 Å². The summed E-state index contributed by atoms with van der Waals surface area (Å²) in [7, 11) is 0. The minimum atomic E-state index is 0.541. The lowest BCUT2D eigenvalue weighted by atomic mass is 9.84. The van der Waals surface area contributed by atoms with Crippen LogP contribution in [0.5, 0.6) is 0 Å². The molecule has 1 aliphatic rings.